The predicted octanol–water partition coefficient (Wildman–Crippen LogP) is 4.50. The third-order valence-corrected chi connectivity index (χ3v) is 5.26. The molecule has 1 heterocycles. The van der Waals surface area contributed by atoms with Gasteiger partial charge in [0.15, 0.2) is 0 Å². The fraction of sp³-hybridized carbons (Fsp3) is 0.294. The topological polar surface area (TPSA) is 66.6 Å². The van der Waals surface area contributed by atoms with Gasteiger partial charge in [0.25, 0.3) is 5.69 Å². The lowest BCUT2D eigenvalue weighted by atomic mass is 9.84. The van der Waals surface area contributed by atoms with E-state index in [1.54, 1.807) is 18.2 Å². The van der Waals surface area contributed by atoms with Crippen LogP contribution in [0, 0.1) is 10.1 Å². The predicted molar refractivity (Wildman–Crippen MR) is 97.6 cm³/mol. The molecule has 0 aromatic heterocycles. The Labute approximate surface area is 153 Å². The van der Waals surface area contributed by atoms with Crippen LogP contribution in [0.15, 0.2) is 46.9 Å². The van der Waals surface area contributed by atoms with Gasteiger partial charge in [0.05, 0.1) is 10.5 Å². The van der Waals surface area contributed by atoms with Crippen molar-refractivity contribution < 1.29 is 10.0 Å². The standard InChI is InChI=1S/C17H16BrClN2O3/c18-12-5-6-15(16(11-12)21(23)24)20-9-7-17(22,8-10-20)13-3-1-2-4-14(13)19/h1-6,11,22H,7-10H2. The number of piperidine rings is 1. The Kier molecular flexibility index (Phi) is 4.80. The van der Waals surface area contributed by atoms with Gasteiger partial charge in [-0.3, -0.25) is 10.1 Å². The van der Waals surface area contributed by atoms with Gasteiger partial charge in [0.2, 0.25) is 0 Å². The van der Waals surface area contributed by atoms with Crippen LogP contribution < -0.4 is 4.90 Å². The minimum absolute atomic E-state index is 0.0626. The summed E-state index contributed by atoms with van der Waals surface area (Å²) in [5.41, 5.74) is 0.354. The summed E-state index contributed by atoms with van der Waals surface area (Å²) in [5, 5.41) is 22.8. The molecule has 0 atom stereocenters. The minimum Gasteiger partial charge on any atom is -0.385 e. The van der Waals surface area contributed by atoms with Gasteiger partial charge < -0.3 is 10.0 Å². The average Bonchev–Trinajstić information content (AvgIpc) is 2.56. The normalized spacial score (nSPS) is 16.9. The molecule has 0 radical (unpaired) electrons. The second-order valence-electron chi connectivity index (χ2n) is 5.89. The van der Waals surface area contributed by atoms with E-state index in [0.717, 1.165) is 5.56 Å². The van der Waals surface area contributed by atoms with Gasteiger partial charge in [0.1, 0.15) is 5.69 Å². The van der Waals surface area contributed by atoms with E-state index in [4.69, 9.17) is 11.6 Å². The summed E-state index contributed by atoms with van der Waals surface area (Å²) >= 11 is 9.48. The molecule has 126 valence electrons. The molecular formula is C17H16BrClN2O3. The number of nitro benzene ring substituents is 1. The SMILES string of the molecule is O=[N+]([O-])c1cc(Br)ccc1N1CCC(O)(c2ccccc2Cl)CC1. The van der Waals surface area contributed by atoms with Crippen molar-refractivity contribution in [3.05, 3.63) is 67.6 Å². The van der Waals surface area contributed by atoms with Crippen LogP contribution in [-0.2, 0) is 5.60 Å². The fourth-order valence-corrected chi connectivity index (χ4v) is 3.80. The highest BCUT2D eigenvalue weighted by molar-refractivity contribution is 9.10. The van der Waals surface area contributed by atoms with Crippen molar-refractivity contribution in [2.45, 2.75) is 18.4 Å². The second-order valence-corrected chi connectivity index (χ2v) is 7.21. The van der Waals surface area contributed by atoms with E-state index in [2.05, 4.69) is 15.9 Å². The van der Waals surface area contributed by atoms with E-state index in [0.29, 0.717) is 41.1 Å². The third kappa shape index (κ3) is 3.27. The highest BCUT2D eigenvalue weighted by atomic mass is 79.9. The van der Waals surface area contributed by atoms with E-state index >= 15 is 0 Å². The van der Waals surface area contributed by atoms with Gasteiger partial charge in [-0.1, -0.05) is 45.7 Å². The average molecular weight is 412 g/mol. The fourth-order valence-electron chi connectivity index (χ4n) is 3.14. The molecule has 5 nitrogen and oxygen atoms in total. The van der Waals surface area contributed by atoms with E-state index in [-0.39, 0.29) is 10.6 Å². The number of nitrogens with zero attached hydrogens (tertiary/aromatic N) is 2. The maximum atomic E-state index is 11.3. The number of halogens is 2. The highest BCUT2D eigenvalue weighted by Crippen LogP contribution is 2.40. The molecule has 0 aliphatic carbocycles. The van der Waals surface area contributed by atoms with Crippen LogP contribution in [0.2, 0.25) is 5.02 Å². The first kappa shape index (κ1) is 17.2. The van der Waals surface area contributed by atoms with Crippen molar-refractivity contribution >= 4 is 38.9 Å². The molecule has 7 heteroatoms. The molecule has 1 fully saturated rings. The van der Waals surface area contributed by atoms with Crippen LogP contribution in [-0.4, -0.2) is 23.1 Å². The van der Waals surface area contributed by atoms with Crippen LogP contribution >= 0.6 is 27.5 Å². The molecule has 0 spiro atoms. The van der Waals surface area contributed by atoms with Gasteiger partial charge in [-0.15, -0.1) is 0 Å². The first-order valence-electron chi connectivity index (χ1n) is 7.57. The summed E-state index contributed by atoms with van der Waals surface area (Å²) < 4.78 is 0.669. The Morgan fingerprint density at radius 3 is 2.50 bits per heavy atom. The van der Waals surface area contributed by atoms with Crippen molar-refractivity contribution in [2.24, 2.45) is 0 Å². The quantitative estimate of drug-likeness (QED) is 0.596. The van der Waals surface area contributed by atoms with Crippen LogP contribution in [0.4, 0.5) is 11.4 Å². The Balaban J connectivity index is 1.83. The maximum Gasteiger partial charge on any atom is 0.293 e. The van der Waals surface area contributed by atoms with Crippen molar-refractivity contribution in [1.82, 2.24) is 0 Å². The van der Waals surface area contributed by atoms with Crippen LogP contribution in [0.25, 0.3) is 0 Å². The van der Waals surface area contributed by atoms with Crippen LogP contribution in [0.1, 0.15) is 18.4 Å². The number of rotatable bonds is 3. The number of benzene rings is 2. The summed E-state index contributed by atoms with van der Waals surface area (Å²) in [6, 6.07) is 12.3. The third-order valence-electron chi connectivity index (χ3n) is 4.44. The Morgan fingerprint density at radius 2 is 1.88 bits per heavy atom. The minimum atomic E-state index is -1.00. The van der Waals surface area contributed by atoms with Gasteiger partial charge in [-0.2, -0.15) is 0 Å². The van der Waals surface area contributed by atoms with E-state index in [9.17, 15) is 15.2 Å². The summed E-state index contributed by atoms with van der Waals surface area (Å²) in [5.74, 6) is 0. The van der Waals surface area contributed by atoms with Gasteiger partial charge in [0, 0.05) is 34.2 Å². The molecule has 1 N–H and O–H groups in total. The molecule has 2 aromatic rings. The van der Waals surface area contributed by atoms with Crippen molar-refractivity contribution in [2.75, 3.05) is 18.0 Å². The number of hydrogen-bond donors (Lipinski definition) is 1. The van der Waals surface area contributed by atoms with E-state index in [1.165, 1.54) is 6.07 Å². The smallest absolute Gasteiger partial charge is 0.293 e. The Morgan fingerprint density at radius 1 is 1.21 bits per heavy atom. The zero-order valence-electron chi connectivity index (χ0n) is 12.8. The molecule has 0 bridgehead atoms. The largest absolute Gasteiger partial charge is 0.385 e. The molecular weight excluding hydrogens is 396 g/mol. The molecule has 2 aromatic carbocycles. The zero-order valence-corrected chi connectivity index (χ0v) is 15.1. The van der Waals surface area contributed by atoms with Gasteiger partial charge in [-0.25, -0.2) is 0 Å². The first-order valence-corrected chi connectivity index (χ1v) is 8.74. The molecule has 0 saturated carbocycles. The summed E-state index contributed by atoms with van der Waals surface area (Å²) in [6.45, 7) is 1.04. The zero-order chi connectivity index (χ0) is 17.3. The molecule has 1 aliphatic heterocycles. The number of nitro groups is 1. The van der Waals surface area contributed by atoms with Crippen molar-refractivity contribution in [1.29, 1.82) is 0 Å². The summed E-state index contributed by atoms with van der Waals surface area (Å²) in [6.07, 6.45) is 0.925. The van der Waals surface area contributed by atoms with Crippen LogP contribution in [0.5, 0.6) is 0 Å². The van der Waals surface area contributed by atoms with Gasteiger partial charge in [-0.05, 0) is 31.0 Å². The Hall–Kier alpha value is -1.63. The van der Waals surface area contributed by atoms with E-state index in [1.807, 2.05) is 23.1 Å². The molecule has 0 amide bonds. The van der Waals surface area contributed by atoms with E-state index < -0.39 is 5.60 Å². The lowest BCUT2D eigenvalue weighted by Crippen LogP contribution is -2.43. The summed E-state index contributed by atoms with van der Waals surface area (Å²) in [4.78, 5) is 12.9. The molecule has 3 rings (SSSR count). The highest BCUT2D eigenvalue weighted by Gasteiger charge is 2.36. The Bertz CT molecular complexity index is 776. The first-order chi connectivity index (χ1) is 11.4. The summed E-state index contributed by atoms with van der Waals surface area (Å²) in [7, 11) is 0. The van der Waals surface area contributed by atoms with Crippen molar-refractivity contribution in [3.63, 3.8) is 0 Å². The molecule has 1 aliphatic rings. The molecule has 1 saturated heterocycles. The lowest BCUT2D eigenvalue weighted by molar-refractivity contribution is -0.384. The maximum absolute atomic E-state index is 11.3. The molecule has 0 unspecified atom stereocenters. The van der Waals surface area contributed by atoms with Gasteiger partial charge >= 0.3 is 0 Å². The number of aliphatic hydroxyl groups is 1. The molecule has 24 heavy (non-hydrogen) atoms. The van der Waals surface area contributed by atoms with Crippen LogP contribution in [0.3, 0.4) is 0 Å². The monoisotopic (exact) mass is 410 g/mol. The number of anilines is 1. The lowest BCUT2D eigenvalue weighted by Gasteiger charge is -2.39. The number of hydrogen-bond acceptors (Lipinski definition) is 4. The second kappa shape index (κ2) is 6.70. The van der Waals surface area contributed by atoms with Crippen molar-refractivity contribution in [3.8, 4) is 0 Å².